The second kappa shape index (κ2) is 9.72. The highest BCUT2D eigenvalue weighted by Crippen LogP contribution is 2.25. The van der Waals surface area contributed by atoms with E-state index in [4.69, 9.17) is 0 Å². The van der Waals surface area contributed by atoms with Crippen LogP contribution in [0.4, 0.5) is 17.6 Å². The van der Waals surface area contributed by atoms with Gasteiger partial charge in [-0.3, -0.25) is 9.89 Å². The predicted molar refractivity (Wildman–Crippen MR) is 105 cm³/mol. The molecule has 1 heterocycles. The molecule has 1 aromatic rings. The smallest absolute Gasteiger partial charge is 0.352 e. The van der Waals surface area contributed by atoms with Gasteiger partial charge in [-0.25, -0.2) is 4.39 Å². The summed E-state index contributed by atoms with van der Waals surface area (Å²) in [6, 6.07) is 3.45. The lowest BCUT2D eigenvalue weighted by Gasteiger charge is -2.39. The number of nitrogens with one attached hydrogen (secondary N) is 1. The van der Waals surface area contributed by atoms with Gasteiger partial charge in [-0.1, -0.05) is 12.1 Å². The number of benzene rings is 1. The standard InChI is InChI=1S/C17H24F4N4.HI/c1-12-10-14(4-5-15(12)18)11-23-16(22-3)25-8-6-24(7-9-25)13(2)17(19,20)21;/h4-5,10,13H,6-9,11H2,1-3H3,(H,22,23);1H. The average molecular weight is 488 g/mol. The van der Waals surface area contributed by atoms with E-state index in [1.807, 2.05) is 4.90 Å². The van der Waals surface area contributed by atoms with Crippen LogP contribution in [0.2, 0.25) is 0 Å². The first-order chi connectivity index (χ1) is 11.7. The van der Waals surface area contributed by atoms with Crippen LogP contribution in [0.25, 0.3) is 0 Å². The van der Waals surface area contributed by atoms with Gasteiger partial charge in [0, 0.05) is 39.8 Å². The highest BCUT2D eigenvalue weighted by atomic mass is 127. The molecule has 1 aliphatic rings. The summed E-state index contributed by atoms with van der Waals surface area (Å²) in [4.78, 5) is 7.58. The van der Waals surface area contributed by atoms with Gasteiger partial charge in [0.15, 0.2) is 5.96 Å². The second-order valence-electron chi connectivity index (χ2n) is 6.22. The van der Waals surface area contributed by atoms with Gasteiger partial charge in [-0.05, 0) is 31.0 Å². The zero-order valence-electron chi connectivity index (χ0n) is 15.1. The van der Waals surface area contributed by atoms with E-state index in [0.717, 1.165) is 5.56 Å². The molecular weight excluding hydrogens is 463 g/mol. The summed E-state index contributed by atoms with van der Waals surface area (Å²) in [5, 5.41) is 3.19. The number of rotatable bonds is 3. The fraction of sp³-hybridized carbons (Fsp3) is 0.588. The van der Waals surface area contributed by atoms with Crippen molar-refractivity contribution in [1.29, 1.82) is 0 Å². The number of hydrogen-bond acceptors (Lipinski definition) is 2. The molecule has 0 aromatic heterocycles. The predicted octanol–water partition coefficient (Wildman–Crippen LogP) is 3.40. The normalized spacial score (nSPS) is 17.7. The fourth-order valence-corrected chi connectivity index (χ4v) is 2.86. The number of hydrogen-bond donors (Lipinski definition) is 1. The number of alkyl halides is 3. The molecule has 4 nitrogen and oxygen atoms in total. The monoisotopic (exact) mass is 488 g/mol. The van der Waals surface area contributed by atoms with Crippen LogP contribution in [0.1, 0.15) is 18.1 Å². The van der Waals surface area contributed by atoms with Gasteiger partial charge in [-0.2, -0.15) is 13.2 Å². The largest absolute Gasteiger partial charge is 0.403 e. The Labute approximate surface area is 168 Å². The highest BCUT2D eigenvalue weighted by molar-refractivity contribution is 14.0. The summed E-state index contributed by atoms with van der Waals surface area (Å²) >= 11 is 0. The number of halogens is 5. The molecule has 1 unspecified atom stereocenters. The molecule has 0 spiro atoms. The molecule has 1 aliphatic heterocycles. The van der Waals surface area contributed by atoms with E-state index in [0.29, 0.717) is 44.2 Å². The maximum Gasteiger partial charge on any atom is 0.403 e. The third kappa shape index (κ3) is 5.97. The van der Waals surface area contributed by atoms with Crippen LogP contribution in [0.15, 0.2) is 23.2 Å². The lowest BCUT2D eigenvalue weighted by atomic mass is 10.1. The number of nitrogens with zero attached hydrogens (tertiary/aromatic N) is 3. The minimum absolute atomic E-state index is 0. The molecule has 2 rings (SSSR count). The molecule has 0 radical (unpaired) electrons. The van der Waals surface area contributed by atoms with Crippen molar-refractivity contribution in [3.63, 3.8) is 0 Å². The quantitative estimate of drug-likeness (QED) is 0.307. The lowest BCUT2D eigenvalue weighted by molar-refractivity contribution is -0.181. The Kier molecular flexibility index (Phi) is 8.58. The zero-order valence-corrected chi connectivity index (χ0v) is 17.4. The third-order valence-electron chi connectivity index (χ3n) is 4.52. The molecule has 0 saturated carbocycles. The van der Waals surface area contributed by atoms with E-state index in [1.165, 1.54) is 17.9 Å². The molecule has 1 saturated heterocycles. The Morgan fingerprint density at radius 2 is 1.85 bits per heavy atom. The molecular formula is C17H25F4IN4. The van der Waals surface area contributed by atoms with Crippen molar-refractivity contribution in [3.05, 3.63) is 35.1 Å². The summed E-state index contributed by atoms with van der Waals surface area (Å²) in [6.07, 6.45) is -4.21. The molecule has 1 atom stereocenters. The molecule has 1 N–H and O–H groups in total. The Bertz CT molecular complexity index is 613. The molecule has 26 heavy (non-hydrogen) atoms. The van der Waals surface area contributed by atoms with Crippen molar-refractivity contribution < 1.29 is 17.6 Å². The van der Waals surface area contributed by atoms with Crippen molar-refractivity contribution in [2.45, 2.75) is 32.6 Å². The summed E-state index contributed by atoms with van der Waals surface area (Å²) in [6.45, 7) is 4.99. The minimum atomic E-state index is -4.21. The minimum Gasteiger partial charge on any atom is -0.352 e. The molecule has 1 fully saturated rings. The van der Waals surface area contributed by atoms with Crippen LogP contribution in [0, 0.1) is 12.7 Å². The number of aliphatic imine (C=N–C) groups is 1. The van der Waals surface area contributed by atoms with Crippen molar-refractivity contribution in [2.75, 3.05) is 33.2 Å². The van der Waals surface area contributed by atoms with Crippen LogP contribution in [0.5, 0.6) is 0 Å². The summed E-state index contributed by atoms with van der Waals surface area (Å²) in [5.41, 5.74) is 1.49. The van der Waals surface area contributed by atoms with E-state index >= 15 is 0 Å². The van der Waals surface area contributed by atoms with Gasteiger partial charge in [0.05, 0.1) is 0 Å². The summed E-state index contributed by atoms with van der Waals surface area (Å²) < 4.78 is 51.7. The molecule has 0 bridgehead atoms. The number of piperazine rings is 1. The van der Waals surface area contributed by atoms with Crippen LogP contribution in [0.3, 0.4) is 0 Å². The van der Waals surface area contributed by atoms with Gasteiger partial charge >= 0.3 is 6.18 Å². The SMILES string of the molecule is CN=C(NCc1ccc(F)c(C)c1)N1CCN(C(C)C(F)(F)F)CC1.I. The number of guanidine groups is 1. The van der Waals surface area contributed by atoms with E-state index < -0.39 is 12.2 Å². The van der Waals surface area contributed by atoms with Crippen molar-refractivity contribution in [1.82, 2.24) is 15.1 Å². The fourth-order valence-electron chi connectivity index (χ4n) is 2.86. The van der Waals surface area contributed by atoms with Gasteiger partial charge in [0.1, 0.15) is 11.9 Å². The number of aryl methyl sites for hydroxylation is 1. The summed E-state index contributed by atoms with van der Waals surface area (Å²) in [7, 11) is 1.64. The van der Waals surface area contributed by atoms with E-state index in [2.05, 4.69) is 10.3 Å². The van der Waals surface area contributed by atoms with Crippen molar-refractivity contribution >= 4 is 29.9 Å². The van der Waals surface area contributed by atoms with Crippen molar-refractivity contribution in [3.8, 4) is 0 Å². The van der Waals surface area contributed by atoms with Gasteiger partial charge in [0.2, 0.25) is 0 Å². The second-order valence-corrected chi connectivity index (χ2v) is 6.22. The Balaban J connectivity index is 0.00000338. The maximum atomic E-state index is 13.3. The Morgan fingerprint density at radius 3 is 2.35 bits per heavy atom. The van der Waals surface area contributed by atoms with Crippen molar-refractivity contribution in [2.24, 2.45) is 4.99 Å². The maximum absolute atomic E-state index is 13.3. The van der Waals surface area contributed by atoms with E-state index in [1.54, 1.807) is 26.1 Å². The van der Waals surface area contributed by atoms with E-state index in [9.17, 15) is 17.6 Å². The summed E-state index contributed by atoms with van der Waals surface area (Å²) in [5.74, 6) is 0.393. The van der Waals surface area contributed by atoms with E-state index in [-0.39, 0.29) is 29.8 Å². The molecule has 148 valence electrons. The highest BCUT2D eigenvalue weighted by Gasteiger charge is 2.41. The van der Waals surface area contributed by atoms with Crippen LogP contribution < -0.4 is 5.32 Å². The Hall–Kier alpha value is -1.10. The third-order valence-corrected chi connectivity index (χ3v) is 4.52. The van der Waals surface area contributed by atoms with Gasteiger partial charge in [0.25, 0.3) is 0 Å². The Morgan fingerprint density at radius 1 is 1.23 bits per heavy atom. The molecule has 0 aliphatic carbocycles. The topological polar surface area (TPSA) is 30.9 Å². The molecule has 9 heteroatoms. The van der Waals surface area contributed by atoms with Crippen LogP contribution in [-0.4, -0.2) is 61.2 Å². The van der Waals surface area contributed by atoms with Gasteiger partial charge in [-0.15, -0.1) is 24.0 Å². The first-order valence-electron chi connectivity index (χ1n) is 8.23. The van der Waals surface area contributed by atoms with Crippen LogP contribution in [-0.2, 0) is 6.54 Å². The molecule has 1 aromatic carbocycles. The zero-order chi connectivity index (χ0) is 18.6. The molecule has 0 amide bonds. The van der Waals surface area contributed by atoms with Crippen LogP contribution >= 0.6 is 24.0 Å². The first-order valence-corrected chi connectivity index (χ1v) is 8.23. The average Bonchev–Trinajstić information content (AvgIpc) is 2.57. The lowest BCUT2D eigenvalue weighted by Crippen LogP contribution is -2.56. The van der Waals surface area contributed by atoms with Gasteiger partial charge < -0.3 is 10.2 Å². The first kappa shape index (κ1) is 22.9.